The number of rotatable bonds is 7. The molecule has 39 heavy (non-hydrogen) atoms. The summed E-state index contributed by atoms with van der Waals surface area (Å²) in [5.41, 5.74) is 11.7. The van der Waals surface area contributed by atoms with Crippen molar-refractivity contribution >= 4 is 22.8 Å². The minimum absolute atomic E-state index is 0.0254. The predicted molar refractivity (Wildman–Crippen MR) is 145 cm³/mol. The average Bonchev–Trinajstić information content (AvgIpc) is 3.29. The Morgan fingerprint density at radius 2 is 2.03 bits per heavy atom. The molecule has 0 spiro atoms. The van der Waals surface area contributed by atoms with E-state index in [1.807, 2.05) is 13.0 Å². The Labute approximate surface area is 225 Å². The highest BCUT2D eigenvalue weighted by atomic mass is 19.1. The summed E-state index contributed by atoms with van der Waals surface area (Å²) < 4.78 is 22.0. The second kappa shape index (κ2) is 9.86. The fourth-order valence-corrected chi connectivity index (χ4v) is 6.59. The van der Waals surface area contributed by atoms with Gasteiger partial charge in [-0.15, -0.1) is 0 Å². The third-order valence-corrected chi connectivity index (χ3v) is 8.64. The van der Waals surface area contributed by atoms with Crippen molar-refractivity contribution in [2.24, 2.45) is 5.73 Å². The number of carbonyl (C=O) groups is 2. The Kier molecular flexibility index (Phi) is 6.49. The molecule has 204 valence electrons. The van der Waals surface area contributed by atoms with E-state index in [4.69, 9.17) is 15.5 Å². The van der Waals surface area contributed by atoms with E-state index in [1.165, 1.54) is 6.07 Å². The van der Waals surface area contributed by atoms with Crippen LogP contribution in [0.15, 0.2) is 16.9 Å². The van der Waals surface area contributed by atoms with Crippen LogP contribution >= 0.6 is 0 Å². The van der Waals surface area contributed by atoms with Crippen molar-refractivity contribution in [2.75, 3.05) is 6.54 Å². The molecule has 2 atom stereocenters. The van der Waals surface area contributed by atoms with Gasteiger partial charge in [0, 0.05) is 23.4 Å². The van der Waals surface area contributed by atoms with Crippen molar-refractivity contribution in [1.29, 1.82) is 0 Å². The SMILES string of the molecule is CC[C@H]1C(=O)OCc2c1cc1n(c2=O)Cc2c-1nc1cc(F)c(C)c3c1c2[C@@H](NC(=O)CCCCCN)CC3. The molecule has 1 amide bonds. The van der Waals surface area contributed by atoms with Crippen LogP contribution in [0.5, 0.6) is 0 Å². The lowest BCUT2D eigenvalue weighted by atomic mass is 9.81. The number of nitrogens with two attached hydrogens (primary N) is 1. The zero-order chi connectivity index (χ0) is 27.4. The van der Waals surface area contributed by atoms with Gasteiger partial charge in [0.2, 0.25) is 5.91 Å². The molecule has 9 heteroatoms. The number of esters is 1. The number of carbonyl (C=O) groups excluding carboxylic acids is 2. The number of benzene rings is 1. The molecule has 0 bridgehead atoms. The van der Waals surface area contributed by atoms with E-state index in [0.717, 1.165) is 41.3 Å². The largest absolute Gasteiger partial charge is 0.460 e. The average molecular weight is 533 g/mol. The van der Waals surface area contributed by atoms with E-state index in [9.17, 15) is 14.4 Å². The summed E-state index contributed by atoms with van der Waals surface area (Å²) in [5, 5.41) is 4.11. The number of hydrogen-bond acceptors (Lipinski definition) is 6. The molecule has 0 fully saturated rings. The van der Waals surface area contributed by atoms with Crippen molar-refractivity contribution in [3.8, 4) is 11.4 Å². The molecule has 0 saturated carbocycles. The fourth-order valence-electron chi connectivity index (χ4n) is 6.59. The van der Waals surface area contributed by atoms with Crippen molar-refractivity contribution < 1.29 is 18.7 Å². The summed E-state index contributed by atoms with van der Waals surface area (Å²) in [7, 11) is 0. The number of fused-ring (bicyclic) bond motifs is 5. The molecule has 2 aromatic heterocycles. The molecular formula is C30H33FN4O4. The highest BCUT2D eigenvalue weighted by Crippen LogP contribution is 2.45. The second-order valence-electron chi connectivity index (χ2n) is 10.9. The summed E-state index contributed by atoms with van der Waals surface area (Å²) in [6.45, 7) is 4.55. The van der Waals surface area contributed by atoms with E-state index in [0.29, 0.717) is 72.4 Å². The van der Waals surface area contributed by atoms with Gasteiger partial charge >= 0.3 is 5.97 Å². The highest BCUT2D eigenvalue weighted by Gasteiger charge is 2.37. The lowest BCUT2D eigenvalue weighted by Gasteiger charge is -2.29. The van der Waals surface area contributed by atoms with E-state index in [-0.39, 0.29) is 35.9 Å². The first-order chi connectivity index (χ1) is 18.8. The molecule has 1 aromatic carbocycles. The fraction of sp³-hybridized carbons (Fsp3) is 0.467. The molecule has 8 nitrogen and oxygen atoms in total. The number of aryl methyl sites for hydroxylation is 1. The van der Waals surface area contributed by atoms with Gasteiger partial charge in [-0.3, -0.25) is 14.4 Å². The van der Waals surface area contributed by atoms with Crippen LogP contribution in [0.3, 0.4) is 0 Å². The molecular weight excluding hydrogens is 499 g/mol. The van der Waals surface area contributed by atoms with E-state index in [1.54, 1.807) is 11.5 Å². The Bertz CT molecular complexity index is 1590. The van der Waals surface area contributed by atoms with Crippen LogP contribution in [-0.2, 0) is 33.9 Å². The van der Waals surface area contributed by atoms with E-state index in [2.05, 4.69) is 5.32 Å². The number of ether oxygens (including phenoxy) is 1. The molecule has 4 heterocycles. The van der Waals surface area contributed by atoms with Crippen LogP contribution in [0, 0.1) is 12.7 Å². The molecule has 0 saturated heterocycles. The Morgan fingerprint density at radius 3 is 2.79 bits per heavy atom. The Balaban J connectivity index is 1.50. The minimum Gasteiger partial charge on any atom is -0.460 e. The molecule has 3 aromatic rings. The number of cyclic esters (lactones) is 1. The number of hydrogen-bond donors (Lipinski definition) is 2. The summed E-state index contributed by atoms with van der Waals surface area (Å²) in [4.78, 5) is 44.0. The number of halogens is 1. The summed E-state index contributed by atoms with van der Waals surface area (Å²) in [6, 6.07) is 3.08. The number of aromatic nitrogens is 2. The van der Waals surface area contributed by atoms with E-state index >= 15 is 4.39 Å². The predicted octanol–water partition coefficient (Wildman–Crippen LogP) is 4.05. The van der Waals surface area contributed by atoms with Crippen LogP contribution in [0.25, 0.3) is 22.3 Å². The van der Waals surface area contributed by atoms with Gasteiger partial charge in [0.1, 0.15) is 12.4 Å². The van der Waals surface area contributed by atoms with Crippen molar-refractivity contribution in [3.63, 3.8) is 0 Å². The second-order valence-corrected chi connectivity index (χ2v) is 10.9. The normalized spacial score (nSPS) is 18.9. The number of unbranched alkanes of at least 4 members (excludes halogenated alkanes) is 2. The summed E-state index contributed by atoms with van der Waals surface area (Å²) >= 11 is 0. The number of nitrogens with zero attached hydrogens (tertiary/aromatic N) is 2. The highest BCUT2D eigenvalue weighted by molar-refractivity contribution is 5.93. The zero-order valence-electron chi connectivity index (χ0n) is 22.4. The first-order valence-electron chi connectivity index (χ1n) is 13.9. The molecule has 3 aliphatic rings. The van der Waals surface area contributed by atoms with Gasteiger partial charge < -0.3 is 20.4 Å². The van der Waals surface area contributed by atoms with Crippen molar-refractivity contribution in [3.05, 3.63) is 61.7 Å². The lowest BCUT2D eigenvalue weighted by Crippen LogP contribution is -2.33. The van der Waals surface area contributed by atoms with Gasteiger partial charge in [-0.1, -0.05) is 13.3 Å². The maximum Gasteiger partial charge on any atom is 0.313 e. The monoisotopic (exact) mass is 532 g/mol. The summed E-state index contributed by atoms with van der Waals surface area (Å²) in [6.07, 6.45) is 4.76. The van der Waals surface area contributed by atoms with Gasteiger partial charge in [-0.25, -0.2) is 9.37 Å². The third-order valence-electron chi connectivity index (χ3n) is 8.64. The molecule has 3 N–H and O–H groups in total. The maximum absolute atomic E-state index is 15.0. The maximum atomic E-state index is 15.0. The first kappa shape index (κ1) is 25.7. The van der Waals surface area contributed by atoms with Crippen molar-refractivity contribution in [1.82, 2.24) is 14.9 Å². The van der Waals surface area contributed by atoms with Crippen LogP contribution in [0.2, 0.25) is 0 Å². The Hall–Kier alpha value is -3.59. The standard InChI is InChI=1S/C30H33FN4O4/c1-3-16-18-11-24-28-19(13-35(24)29(37)20(18)14-39-30(16)38)27-22(33-25(36)7-5-4-6-10-32)9-8-17-15(2)21(31)12-23(34-28)26(17)27/h11-12,16,22H,3-10,13-14,32H2,1-2H3,(H,33,36)/t16-,22+/m1/s1. The van der Waals surface area contributed by atoms with Gasteiger partial charge in [0.05, 0.1) is 41.0 Å². The summed E-state index contributed by atoms with van der Waals surface area (Å²) in [5.74, 6) is -1.17. The van der Waals surface area contributed by atoms with Crippen LogP contribution < -0.4 is 16.6 Å². The van der Waals surface area contributed by atoms with Crippen molar-refractivity contribution in [2.45, 2.75) is 83.9 Å². The first-order valence-corrected chi connectivity index (χ1v) is 13.9. The zero-order valence-corrected chi connectivity index (χ0v) is 22.4. The smallest absolute Gasteiger partial charge is 0.313 e. The number of amides is 1. The number of nitrogens with one attached hydrogen (secondary N) is 1. The third kappa shape index (κ3) is 4.06. The molecule has 1 aliphatic carbocycles. The molecule has 2 aliphatic heterocycles. The Morgan fingerprint density at radius 1 is 1.21 bits per heavy atom. The van der Waals surface area contributed by atoms with Crippen LogP contribution in [-0.4, -0.2) is 28.0 Å². The molecule has 6 rings (SSSR count). The van der Waals surface area contributed by atoms with E-state index < -0.39 is 5.92 Å². The molecule has 0 unspecified atom stereocenters. The van der Waals surface area contributed by atoms with Gasteiger partial charge in [-0.05, 0) is 73.9 Å². The number of pyridine rings is 2. The topological polar surface area (TPSA) is 116 Å². The lowest BCUT2D eigenvalue weighted by molar-refractivity contribution is -0.148. The van der Waals surface area contributed by atoms with Gasteiger partial charge in [-0.2, -0.15) is 0 Å². The quantitative estimate of drug-likeness (QED) is 0.274. The molecule has 0 radical (unpaired) electrons. The van der Waals surface area contributed by atoms with Gasteiger partial charge in [0.15, 0.2) is 0 Å². The minimum atomic E-state index is -0.506. The van der Waals surface area contributed by atoms with Gasteiger partial charge in [0.25, 0.3) is 5.56 Å². The van der Waals surface area contributed by atoms with Crippen LogP contribution in [0.1, 0.15) is 90.8 Å². The van der Waals surface area contributed by atoms with Crippen LogP contribution in [0.4, 0.5) is 4.39 Å².